The van der Waals surface area contributed by atoms with Crippen molar-refractivity contribution in [3.63, 3.8) is 0 Å². The molecule has 0 fully saturated rings. The largest absolute Gasteiger partial charge is 0.397 e. The van der Waals surface area contributed by atoms with Gasteiger partial charge in [-0.25, -0.2) is 4.98 Å². The molecule has 0 atom stereocenters. The molecule has 6 nitrogen and oxygen atoms in total. The van der Waals surface area contributed by atoms with Crippen LogP contribution < -0.4 is 11.1 Å². The van der Waals surface area contributed by atoms with Crippen LogP contribution in [0.25, 0.3) is 0 Å². The molecule has 0 unspecified atom stereocenters. The predicted octanol–water partition coefficient (Wildman–Crippen LogP) is 2.62. The van der Waals surface area contributed by atoms with Crippen LogP contribution in [0.5, 0.6) is 0 Å². The number of non-ortho nitro benzene ring substituents is 1. The molecular weight excluding hydrogens is 232 g/mol. The Morgan fingerprint density at radius 1 is 1.33 bits per heavy atom. The van der Waals surface area contributed by atoms with Gasteiger partial charge in [0.15, 0.2) is 0 Å². The SMILES string of the molecule is Cc1cc([N+](=O)[O-])ccc1Nc1ccc(N)cn1. The Bertz CT molecular complexity index is 581. The van der Waals surface area contributed by atoms with Crippen LogP contribution in [0.1, 0.15) is 5.56 Å². The molecule has 1 heterocycles. The second kappa shape index (κ2) is 4.70. The van der Waals surface area contributed by atoms with E-state index in [0.717, 1.165) is 11.3 Å². The van der Waals surface area contributed by atoms with Crippen LogP contribution >= 0.6 is 0 Å². The van der Waals surface area contributed by atoms with E-state index in [0.29, 0.717) is 11.5 Å². The molecule has 0 saturated carbocycles. The first-order valence-corrected chi connectivity index (χ1v) is 5.30. The van der Waals surface area contributed by atoms with Gasteiger partial charge in [-0.15, -0.1) is 0 Å². The molecule has 1 aromatic carbocycles. The number of nitro benzene ring substituents is 1. The van der Waals surface area contributed by atoms with Gasteiger partial charge in [0.05, 0.1) is 16.8 Å². The van der Waals surface area contributed by atoms with Crippen molar-refractivity contribution < 1.29 is 4.92 Å². The number of aryl methyl sites for hydroxylation is 1. The van der Waals surface area contributed by atoms with E-state index in [1.54, 1.807) is 31.3 Å². The third kappa shape index (κ3) is 2.54. The summed E-state index contributed by atoms with van der Waals surface area (Å²) in [6, 6.07) is 8.10. The number of pyridine rings is 1. The van der Waals surface area contributed by atoms with E-state index in [9.17, 15) is 10.1 Å². The summed E-state index contributed by atoms with van der Waals surface area (Å²) in [7, 11) is 0. The lowest BCUT2D eigenvalue weighted by Crippen LogP contribution is -1.97. The summed E-state index contributed by atoms with van der Waals surface area (Å²) in [6.45, 7) is 1.80. The van der Waals surface area contributed by atoms with Gasteiger partial charge in [-0.05, 0) is 30.7 Å². The maximum absolute atomic E-state index is 10.6. The average molecular weight is 244 g/mol. The average Bonchev–Trinajstić information content (AvgIpc) is 2.34. The fraction of sp³-hybridized carbons (Fsp3) is 0.0833. The third-order valence-electron chi connectivity index (χ3n) is 2.47. The molecule has 18 heavy (non-hydrogen) atoms. The minimum absolute atomic E-state index is 0.0725. The van der Waals surface area contributed by atoms with Crippen molar-refractivity contribution in [2.75, 3.05) is 11.1 Å². The molecule has 0 spiro atoms. The first kappa shape index (κ1) is 11.8. The lowest BCUT2D eigenvalue weighted by atomic mass is 10.2. The summed E-state index contributed by atoms with van der Waals surface area (Å²) in [5, 5.41) is 13.7. The number of nitrogens with two attached hydrogens (primary N) is 1. The highest BCUT2D eigenvalue weighted by Crippen LogP contribution is 2.23. The minimum atomic E-state index is -0.418. The molecule has 0 saturated heterocycles. The molecule has 0 aliphatic heterocycles. The zero-order valence-corrected chi connectivity index (χ0v) is 9.75. The maximum Gasteiger partial charge on any atom is 0.269 e. The predicted molar refractivity (Wildman–Crippen MR) is 69.8 cm³/mol. The molecule has 0 aliphatic carbocycles. The number of hydrogen-bond donors (Lipinski definition) is 2. The van der Waals surface area contributed by atoms with Crippen LogP contribution in [0.15, 0.2) is 36.5 Å². The lowest BCUT2D eigenvalue weighted by molar-refractivity contribution is -0.384. The molecule has 1 aromatic heterocycles. The monoisotopic (exact) mass is 244 g/mol. The molecule has 0 radical (unpaired) electrons. The Morgan fingerprint density at radius 3 is 2.67 bits per heavy atom. The van der Waals surface area contributed by atoms with Crippen LogP contribution in [0.3, 0.4) is 0 Å². The van der Waals surface area contributed by atoms with E-state index in [-0.39, 0.29) is 5.69 Å². The van der Waals surface area contributed by atoms with E-state index in [1.165, 1.54) is 12.1 Å². The fourth-order valence-electron chi connectivity index (χ4n) is 1.52. The van der Waals surface area contributed by atoms with Gasteiger partial charge in [0.25, 0.3) is 5.69 Å². The van der Waals surface area contributed by atoms with Crippen molar-refractivity contribution in [2.45, 2.75) is 6.92 Å². The van der Waals surface area contributed by atoms with Gasteiger partial charge in [-0.3, -0.25) is 10.1 Å². The van der Waals surface area contributed by atoms with E-state index >= 15 is 0 Å². The van der Waals surface area contributed by atoms with Gasteiger partial charge in [0, 0.05) is 17.8 Å². The molecule has 6 heteroatoms. The molecule has 2 rings (SSSR count). The van der Waals surface area contributed by atoms with Crippen LogP contribution in [0.2, 0.25) is 0 Å². The lowest BCUT2D eigenvalue weighted by Gasteiger charge is -2.08. The molecular formula is C12H12N4O2. The summed E-state index contributed by atoms with van der Waals surface area (Å²) < 4.78 is 0. The van der Waals surface area contributed by atoms with Gasteiger partial charge in [0.2, 0.25) is 0 Å². The topological polar surface area (TPSA) is 94.1 Å². The number of nitrogens with one attached hydrogen (secondary N) is 1. The van der Waals surface area contributed by atoms with Gasteiger partial charge in [0.1, 0.15) is 5.82 Å². The Hall–Kier alpha value is -2.63. The van der Waals surface area contributed by atoms with Gasteiger partial charge >= 0.3 is 0 Å². The van der Waals surface area contributed by atoms with Crippen molar-refractivity contribution in [2.24, 2.45) is 0 Å². The van der Waals surface area contributed by atoms with E-state index in [2.05, 4.69) is 10.3 Å². The number of anilines is 3. The Balaban J connectivity index is 2.24. The van der Waals surface area contributed by atoms with E-state index in [1.807, 2.05) is 0 Å². The Morgan fingerprint density at radius 2 is 2.11 bits per heavy atom. The zero-order chi connectivity index (χ0) is 13.1. The summed E-state index contributed by atoms with van der Waals surface area (Å²) in [5.41, 5.74) is 7.75. The van der Waals surface area contributed by atoms with Crippen molar-refractivity contribution in [1.29, 1.82) is 0 Å². The van der Waals surface area contributed by atoms with Gasteiger partial charge in [-0.2, -0.15) is 0 Å². The highest BCUT2D eigenvalue weighted by molar-refractivity contribution is 5.63. The number of hydrogen-bond acceptors (Lipinski definition) is 5. The normalized spacial score (nSPS) is 10.1. The number of rotatable bonds is 3. The third-order valence-corrected chi connectivity index (χ3v) is 2.47. The summed E-state index contributed by atoms with van der Waals surface area (Å²) in [6.07, 6.45) is 1.54. The summed E-state index contributed by atoms with van der Waals surface area (Å²) >= 11 is 0. The second-order valence-electron chi connectivity index (χ2n) is 3.86. The maximum atomic E-state index is 10.6. The van der Waals surface area contributed by atoms with E-state index in [4.69, 9.17) is 5.73 Å². The smallest absolute Gasteiger partial charge is 0.269 e. The van der Waals surface area contributed by atoms with Crippen molar-refractivity contribution in [1.82, 2.24) is 4.98 Å². The molecule has 3 N–H and O–H groups in total. The zero-order valence-electron chi connectivity index (χ0n) is 9.75. The standard InChI is InChI=1S/C12H12N4O2/c1-8-6-10(16(17)18)3-4-11(8)15-12-5-2-9(13)7-14-12/h2-7H,13H2,1H3,(H,14,15). The molecule has 0 amide bonds. The van der Waals surface area contributed by atoms with Crippen molar-refractivity contribution >= 4 is 22.9 Å². The quantitative estimate of drug-likeness (QED) is 0.639. The van der Waals surface area contributed by atoms with Crippen LogP contribution in [0, 0.1) is 17.0 Å². The minimum Gasteiger partial charge on any atom is -0.397 e. The summed E-state index contributed by atoms with van der Waals surface area (Å²) in [5.74, 6) is 0.640. The Kier molecular flexibility index (Phi) is 3.09. The molecule has 2 aromatic rings. The Labute approximate surface area is 104 Å². The van der Waals surface area contributed by atoms with Crippen molar-refractivity contribution in [3.8, 4) is 0 Å². The molecule has 92 valence electrons. The first-order valence-electron chi connectivity index (χ1n) is 5.30. The fourth-order valence-corrected chi connectivity index (χ4v) is 1.52. The van der Waals surface area contributed by atoms with Gasteiger partial charge in [-0.1, -0.05) is 0 Å². The van der Waals surface area contributed by atoms with E-state index < -0.39 is 4.92 Å². The highest BCUT2D eigenvalue weighted by atomic mass is 16.6. The number of benzene rings is 1. The molecule has 0 aliphatic rings. The van der Waals surface area contributed by atoms with Crippen LogP contribution in [0.4, 0.5) is 22.9 Å². The van der Waals surface area contributed by atoms with Gasteiger partial charge < -0.3 is 11.1 Å². The van der Waals surface area contributed by atoms with Crippen LogP contribution in [-0.4, -0.2) is 9.91 Å². The highest BCUT2D eigenvalue weighted by Gasteiger charge is 2.08. The number of nitrogen functional groups attached to an aromatic ring is 1. The number of nitrogens with zero attached hydrogens (tertiary/aromatic N) is 2. The first-order chi connectivity index (χ1) is 8.56. The number of nitro groups is 1. The summed E-state index contributed by atoms with van der Waals surface area (Å²) in [4.78, 5) is 14.3. The second-order valence-corrected chi connectivity index (χ2v) is 3.86. The number of aromatic nitrogens is 1. The molecule has 0 bridgehead atoms. The van der Waals surface area contributed by atoms with Crippen molar-refractivity contribution in [3.05, 3.63) is 52.2 Å². The van der Waals surface area contributed by atoms with Crippen LogP contribution in [-0.2, 0) is 0 Å².